The predicted octanol–water partition coefficient (Wildman–Crippen LogP) is 3.66. The van der Waals surface area contributed by atoms with Crippen molar-refractivity contribution in [2.45, 2.75) is 45.2 Å². The number of allylic oxidation sites excluding steroid dienone is 2. The molecule has 3 aromatic heterocycles. The maximum atomic E-state index is 13.6. The molecule has 2 bridgehead atoms. The van der Waals surface area contributed by atoms with Crippen molar-refractivity contribution in [1.82, 2.24) is 29.2 Å². The van der Waals surface area contributed by atoms with Crippen molar-refractivity contribution in [2.24, 2.45) is 0 Å². The van der Waals surface area contributed by atoms with Gasteiger partial charge in [0.05, 0.1) is 13.7 Å². The van der Waals surface area contributed by atoms with Gasteiger partial charge in [0.25, 0.3) is 11.5 Å². The second kappa shape index (κ2) is 10.5. The molecule has 13 heteroatoms. The minimum atomic E-state index is -0.367. The molecule has 0 aliphatic carbocycles. The normalized spacial score (nSPS) is 17.2. The predicted molar refractivity (Wildman–Crippen MR) is 163 cm³/mol. The number of methoxy groups -OCH3 is 1. The number of rotatable bonds is 2. The van der Waals surface area contributed by atoms with Gasteiger partial charge >= 0.3 is 6.09 Å². The van der Waals surface area contributed by atoms with Gasteiger partial charge in [0.15, 0.2) is 29.6 Å². The zero-order valence-corrected chi connectivity index (χ0v) is 24.7. The number of ether oxygens (including phenoxy) is 2. The number of hydrogen-bond donors (Lipinski definition) is 1. The highest BCUT2D eigenvalue weighted by atomic mass is 16.5. The van der Waals surface area contributed by atoms with E-state index in [0.29, 0.717) is 54.6 Å². The monoisotopic (exact) mass is 596 g/mol. The van der Waals surface area contributed by atoms with E-state index in [2.05, 4.69) is 30.2 Å². The van der Waals surface area contributed by atoms with E-state index >= 15 is 0 Å². The van der Waals surface area contributed by atoms with E-state index in [0.717, 1.165) is 29.7 Å². The third-order valence-electron chi connectivity index (χ3n) is 8.29. The van der Waals surface area contributed by atoms with Crippen LogP contribution in [0.15, 0.2) is 53.5 Å². The quantitative estimate of drug-likeness (QED) is 0.344. The Hall–Kier alpha value is -5.20. The molecule has 7 rings (SSSR count). The molecular weight excluding hydrogens is 564 g/mol. The number of carbonyl (C=O) groups excluding carboxylic acids is 2. The summed E-state index contributed by atoms with van der Waals surface area (Å²) in [5.74, 6) is 1.50. The summed E-state index contributed by atoms with van der Waals surface area (Å²) in [5.41, 5.74) is 2.75. The summed E-state index contributed by atoms with van der Waals surface area (Å²) in [7, 11) is 1.39. The van der Waals surface area contributed by atoms with Crippen molar-refractivity contribution in [3.8, 4) is 11.6 Å². The molecule has 0 fully saturated rings. The summed E-state index contributed by atoms with van der Waals surface area (Å²) >= 11 is 0. The van der Waals surface area contributed by atoms with E-state index < -0.39 is 0 Å². The highest BCUT2D eigenvalue weighted by Crippen LogP contribution is 2.36. The van der Waals surface area contributed by atoms with E-state index in [-0.39, 0.29) is 35.5 Å². The number of carbonyl (C=O) groups is 2. The first-order chi connectivity index (χ1) is 21.2. The maximum absolute atomic E-state index is 13.6. The number of fused-ring (bicyclic) bond motifs is 6. The highest BCUT2D eigenvalue weighted by molar-refractivity contribution is 5.96. The zero-order valence-electron chi connectivity index (χ0n) is 24.7. The Morgan fingerprint density at radius 1 is 1.11 bits per heavy atom. The Kier molecular flexibility index (Phi) is 6.60. The average molecular weight is 597 g/mol. The van der Waals surface area contributed by atoms with Gasteiger partial charge < -0.3 is 19.7 Å². The van der Waals surface area contributed by atoms with Gasteiger partial charge in [0.1, 0.15) is 5.39 Å². The molecule has 13 nitrogen and oxygen atoms in total. The van der Waals surface area contributed by atoms with Gasteiger partial charge in [-0.05, 0) is 48.2 Å². The van der Waals surface area contributed by atoms with Crippen LogP contribution in [0.2, 0.25) is 0 Å². The first-order valence-corrected chi connectivity index (χ1v) is 14.5. The molecule has 1 N–H and O–H groups in total. The van der Waals surface area contributed by atoms with Crippen LogP contribution in [-0.2, 0) is 28.0 Å². The molecule has 1 aromatic carbocycles. The Morgan fingerprint density at radius 3 is 2.82 bits per heavy atom. The number of nitrogens with zero attached hydrogens (tertiary/aromatic N) is 7. The van der Waals surface area contributed by atoms with Crippen LogP contribution in [0.25, 0.3) is 16.9 Å². The van der Waals surface area contributed by atoms with Crippen LogP contribution in [0.5, 0.6) is 5.75 Å². The van der Waals surface area contributed by atoms with Crippen molar-refractivity contribution < 1.29 is 19.1 Å². The number of anilines is 3. The van der Waals surface area contributed by atoms with E-state index in [4.69, 9.17) is 19.4 Å². The number of nitrogens with one attached hydrogen (secondary N) is 1. The number of pyridine rings is 1. The van der Waals surface area contributed by atoms with Crippen LogP contribution in [-0.4, -0.2) is 68.0 Å². The largest absolute Gasteiger partial charge is 0.480 e. The molecule has 6 heterocycles. The van der Waals surface area contributed by atoms with E-state index in [1.165, 1.54) is 13.3 Å². The van der Waals surface area contributed by atoms with Crippen molar-refractivity contribution >= 4 is 40.5 Å². The minimum Gasteiger partial charge on any atom is -0.480 e. The van der Waals surface area contributed by atoms with Crippen LogP contribution in [0.4, 0.5) is 22.2 Å². The van der Waals surface area contributed by atoms with Crippen LogP contribution in [0.3, 0.4) is 0 Å². The Bertz CT molecular complexity index is 1910. The lowest BCUT2D eigenvalue weighted by molar-refractivity contribution is -0.121. The van der Waals surface area contributed by atoms with E-state index in [1.54, 1.807) is 31.3 Å². The molecule has 0 radical (unpaired) electrons. The number of amides is 2. The second-order valence-corrected chi connectivity index (χ2v) is 11.8. The van der Waals surface area contributed by atoms with Crippen LogP contribution in [0.1, 0.15) is 37.8 Å². The molecule has 0 saturated heterocycles. The smallest absolute Gasteiger partial charge is 0.409 e. The molecule has 2 amide bonds. The molecule has 0 spiro atoms. The summed E-state index contributed by atoms with van der Waals surface area (Å²) in [4.78, 5) is 56.0. The van der Waals surface area contributed by atoms with Crippen LogP contribution >= 0.6 is 0 Å². The lowest BCUT2D eigenvalue weighted by atomic mass is 9.78. The molecule has 226 valence electrons. The van der Waals surface area contributed by atoms with E-state index in [9.17, 15) is 14.4 Å². The summed E-state index contributed by atoms with van der Waals surface area (Å²) < 4.78 is 13.9. The van der Waals surface area contributed by atoms with Gasteiger partial charge in [-0.1, -0.05) is 32.1 Å². The maximum Gasteiger partial charge on any atom is 0.409 e. The first-order valence-electron chi connectivity index (χ1n) is 14.5. The molecule has 0 atom stereocenters. The summed E-state index contributed by atoms with van der Waals surface area (Å²) in [6.45, 7) is 5.96. The van der Waals surface area contributed by atoms with Gasteiger partial charge in [-0.15, -0.1) is 0 Å². The standard InChI is InChI=1S/C31H32N8O5/c1-31(2)18-36(30(42)43-3)16-19-14-20(8-9-22(19)31)33-29-32-15-21-26(35-29)39-24-11-10-23-27(34-24)37(25(40)17-44-23)12-6-4-5-7-13-38(39)28(21)41/h5,7-11,14-15H,4,6,12-13,16-18H2,1-3H3,(H,32,33,35). The van der Waals surface area contributed by atoms with Crippen molar-refractivity contribution in [2.75, 3.05) is 37.0 Å². The molecular formula is C31H32N8O5. The molecule has 44 heavy (non-hydrogen) atoms. The number of benzene rings is 1. The van der Waals surface area contributed by atoms with Gasteiger partial charge in [0, 0.05) is 36.9 Å². The van der Waals surface area contributed by atoms with E-state index in [1.807, 2.05) is 24.3 Å². The molecule has 4 aromatic rings. The van der Waals surface area contributed by atoms with Gasteiger partial charge in [-0.2, -0.15) is 4.98 Å². The van der Waals surface area contributed by atoms with Gasteiger partial charge in [0.2, 0.25) is 5.95 Å². The Labute approximate surface area is 252 Å². The highest BCUT2D eigenvalue weighted by Gasteiger charge is 2.34. The van der Waals surface area contributed by atoms with Crippen molar-refractivity contribution in [3.63, 3.8) is 0 Å². The molecule has 0 unspecified atom stereocenters. The third kappa shape index (κ3) is 4.64. The SMILES string of the molecule is COC(=O)N1Cc2cc(Nc3ncc4c(=O)n5n(c4n3)-c3ccc4c(n3)N(CCCC=CC5)C(=O)CO4)ccc2C(C)(C)C1. The molecule has 3 aliphatic rings. The topological polar surface area (TPSA) is 137 Å². The minimum absolute atomic E-state index is 0.0375. The van der Waals surface area contributed by atoms with Gasteiger partial charge in [-0.25, -0.2) is 24.1 Å². The van der Waals surface area contributed by atoms with Crippen LogP contribution in [0, 0.1) is 0 Å². The first kappa shape index (κ1) is 27.6. The Balaban J connectivity index is 1.30. The lowest BCUT2D eigenvalue weighted by Gasteiger charge is -2.39. The van der Waals surface area contributed by atoms with Gasteiger partial charge in [-0.3, -0.25) is 14.5 Å². The fraction of sp³-hybridized carbons (Fsp3) is 0.355. The third-order valence-corrected chi connectivity index (χ3v) is 8.29. The fourth-order valence-electron chi connectivity index (χ4n) is 6.24. The number of hydrogen-bond acceptors (Lipinski definition) is 9. The Morgan fingerprint density at radius 2 is 1.98 bits per heavy atom. The molecule has 0 saturated carbocycles. The average Bonchev–Trinajstić information content (AvgIpc) is 3.28. The fourth-order valence-corrected chi connectivity index (χ4v) is 6.24. The zero-order chi connectivity index (χ0) is 30.6. The summed E-state index contributed by atoms with van der Waals surface area (Å²) in [5, 5.41) is 3.61. The summed E-state index contributed by atoms with van der Waals surface area (Å²) in [6, 6.07) is 9.52. The lowest BCUT2D eigenvalue weighted by Crippen LogP contribution is -2.45. The van der Waals surface area contributed by atoms with Crippen LogP contribution < -0.4 is 20.5 Å². The van der Waals surface area contributed by atoms with Crippen molar-refractivity contribution in [1.29, 1.82) is 0 Å². The number of aromatic nitrogens is 5. The summed E-state index contributed by atoms with van der Waals surface area (Å²) in [6.07, 6.45) is 6.60. The van der Waals surface area contributed by atoms with Crippen molar-refractivity contribution in [3.05, 3.63) is 70.2 Å². The molecule has 3 aliphatic heterocycles. The second-order valence-electron chi connectivity index (χ2n) is 11.8.